The predicted octanol–water partition coefficient (Wildman–Crippen LogP) is 1.46. The van der Waals surface area contributed by atoms with Gasteiger partial charge in [-0.15, -0.1) is 0 Å². The van der Waals surface area contributed by atoms with E-state index >= 15 is 0 Å². The quantitative estimate of drug-likeness (QED) is 0.906. The number of nitrogens with two attached hydrogens (primary N) is 1. The number of nitrogens with zero attached hydrogens (tertiary/aromatic N) is 3. The lowest BCUT2D eigenvalue weighted by atomic mass is 10.1. The summed E-state index contributed by atoms with van der Waals surface area (Å²) in [7, 11) is 3.57. The van der Waals surface area contributed by atoms with Crippen molar-refractivity contribution >= 4 is 11.6 Å². The molecule has 0 unspecified atom stereocenters. The molecule has 2 aromatic rings. The number of aryl methyl sites for hydroxylation is 1. The van der Waals surface area contributed by atoms with Gasteiger partial charge in [0.1, 0.15) is 0 Å². The normalized spacial score (nSPS) is 10.5. The van der Waals surface area contributed by atoms with Crippen molar-refractivity contribution in [1.82, 2.24) is 9.78 Å². The summed E-state index contributed by atoms with van der Waals surface area (Å²) < 4.78 is 1.69. The molecule has 0 atom stereocenters. The van der Waals surface area contributed by atoms with Crippen LogP contribution in [0, 0.1) is 6.92 Å². The molecule has 0 saturated heterocycles. The van der Waals surface area contributed by atoms with E-state index in [0.717, 1.165) is 16.9 Å². The summed E-state index contributed by atoms with van der Waals surface area (Å²) in [6.07, 6.45) is 1.60. The lowest BCUT2D eigenvalue weighted by Gasteiger charge is -2.17. The molecule has 5 nitrogen and oxygen atoms in total. The van der Waals surface area contributed by atoms with Crippen LogP contribution in [0.3, 0.4) is 0 Å². The Labute approximate surface area is 112 Å². The van der Waals surface area contributed by atoms with Gasteiger partial charge in [0, 0.05) is 32.0 Å². The Bertz CT molecular complexity index is 603. The van der Waals surface area contributed by atoms with Crippen LogP contribution in [-0.2, 0) is 13.6 Å². The molecule has 1 aromatic heterocycles. The van der Waals surface area contributed by atoms with E-state index in [2.05, 4.69) is 5.10 Å². The molecule has 0 bridgehead atoms. The van der Waals surface area contributed by atoms with Crippen molar-refractivity contribution in [3.05, 3.63) is 47.3 Å². The first kappa shape index (κ1) is 13.3. The fraction of sp³-hybridized carbons (Fsp3) is 0.286. The molecule has 1 amide bonds. The largest absolute Gasteiger partial charge is 0.326 e. The van der Waals surface area contributed by atoms with Gasteiger partial charge in [0.25, 0.3) is 5.91 Å². The van der Waals surface area contributed by atoms with Gasteiger partial charge in [0.15, 0.2) is 0 Å². The third-order valence-corrected chi connectivity index (χ3v) is 3.30. The van der Waals surface area contributed by atoms with E-state index in [1.807, 2.05) is 38.2 Å². The second-order valence-corrected chi connectivity index (χ2v) is 4.51. The molecule has 0 aliphatic carbocycles. The Morgan fingerprint density at radius 3 is 2.79 bits per heavy atom. The second-order valence-electron chi connectivity index (χ2n) is 4.51. The number of amides is 1. The van der Waals surface area contributed by atoms with Crippen LogP contribution in [0.2, 0.25) is 0 Å². The van der Waals surface area contributed by atoms with Crippen molar-refractivity contribution < 1.29 is 4.79 Å². The molecule has 2 rings (SSSR count). The first-order valence-corrected chi connectivity index (χ1v) is 6.10. The summed E-state index contributed by atoms with van der Waals surface area (Å²) in [5.74, 6) is -0.0697. The summed E-state index contributed by atoms with van der Waals surface area (Å²) in [6, 6.07) is 7.65. The fourth-order valence-electron chi connectivity index (χ4n) is 1.90. The molecule has 0 fully saturated rings. The molecular formula is C14H18N4O. The van der Waals surface area contributed by atoms with Crippen molar-refractivity contribution in [2.24, 2.45) is 12.8 Å². The summed E-state index contributed by atoms with van der Waals surface area (Å²) >= 11 is 0. The Balaban J connectivity index is 2.30. The minimum absolute atomic E-state index is 0.0697. The number of benzene rings is 1. The van der Waals surface area contributed by atoms with Gasteiger partial charge in [-0.2, -0.15) is 5.10 Å². The fourth-order valence-corrected chi connectivity index (χ4v) is 1.90. The van der Waals surface area contributed by atoms with E-state index in [0.29, 0.717) is 12.1 Å². The molecule has 5 heteroatoms. The maximum atomic E-state index is 12.4. The first-order valence-electron chi connectivity index (χ1n) is 6.10. The highest BCUT2D eigenvalue weighted by Gasteiger charge is 2.18. The van der Waals surface area contributed by atoms with E-state index in [1.54, 1.807) is 22.8 Å². The molecule has 0 saturated carbocycles. The topological polar surface area (TPSA) is 64.2 Å². The van der Waals surface area contributed by atoms with E-state index in [1.165, 1.54) is 0 Å². The zero-order valence-corrected chi connectivity index (χ0v) is 11.4. The number of carbonyl (C=O) groups excluding carboxylic acids is 1. The van der Waals surface area contributed by atoms with Crippen molar-refractivity contribution in [3.63, 3.8) is 0 Å². The molecule has 19 heavy (non-hydrogen) atoms. The highest BCUT2D eigenvalue weighted by molar-refractivity contribution is 6.06. The summed E-state index contributed by atoms with van der Waals surface area (Å²) in [5.41, 5.74) is 8.91. The first-order chi connectivity index (χ1) is 9.04. The Morgan fingerprint density at radius 1 is 1.47 bits per heavy atom. The maximum absolute atomic E-state index is 12.4. The smallest absolute Gasteiger partial charge is 0.261 e. The maximum Gasteiger partial charge on any atom is 0.261 e. The Morgan fingerprint density at radius 2 is 2.21 bits per heavy atom. The molecule has 100 valence electrons. The van der Waals surface area contributed by atoms with E-state index < -0.39 is 0 Å². The van der Waals surface area contributed by atoms with E-state index in [4.69, 9.17) is 5.73 Å². The number of hydrogen-bond acceptors (Lipinski definition) is 3. The Hall–Kier alpha value is -2.14. The zero-order chi connectivity index (χ0) is 14.0. The molecule has 0 aliphatic heterocycles. The molecule has 2 N–H and O–H groups in total. The minimum Gasteiger partial charge on any atom is -0.326 e. The highest BCUT2D eigenvalue weighted by atomic mass is 16.2. The summed E-state index contributed by atoms with van der Waals surface area (Å²) in [5, 5.41) is 4.10. The van der Waals surface area contributed by atoms with Gasteiger partial charge >= 0.3 is 0 Å². The number of hydrogen-bond donors (Lipinski definition) is 1. The average Bonchev–Trinajstić information content (AvgIpc) is 2.77. The molecule has 0 radical (unpaired) electrons. The zero-order valence-electron chi connectivity index (χ0n) is 11.4. The monoisotopic (exact) mass is 258 g/mol. The third kappa shape index (κ3) is 2.51. The van der Waals surface area contributed by atoms with Crippen LogP contribution >= 0.6 is 0 Å². The highest BCUT2D eigenvalue weighted by Crippen LogP contribution is 2.18. The van der Waals surface area contributed by atoms with Gasteiger partial charge in [-0.05, 0) is 24.6 Å². The van der Waals surface area contributed by atoms with E-state index in [9.17, 15) is 4.79 Å². The van der Waals surface area contributed by atoms with Crippen LogP contribution in [0.4, 0.5) is 5.69 Å². The molecule has 0 spiro atoms. The van der Waals surface area contributed by atoms with Crippen LogP contribution in [-0.4, -0.2) is 22.7 Å². The lowest BCUT2D eigenvalue weighted by molar-refractivity contribution is 0.0992. The van der Waals surface area contributed by atoms with Crippen LogP contribution in [0.5, 0.6) is 0 Å². The number of anilines is 1. The van der Waals surface area contributed by atoms with Crippen LogP contribution < -0.4 is 10.6 Å². The Kier molecular flexibility index (Phi) is 3.66. The minimum atomic E-state index is -0.0697. The average molecular weight is 258 g/mol. The van der Waals surface area contributed by atoms with Crippen molar-refractivity contribution in [2.45, 2.75) is 13.5 Å². The number of carbonyl (C=O) groups is 1. The lowest BCUT2D eigenvalue weighted by Crippen LogP contribution is -2.26. The molecule has 1 aromatic carbocycles. The summed E-state index contributed by atoms with van der Waals surface area (Å²) in [4.78, 5) is 14.0. The van der Waals surface area contributed by atoms with Gasteiger partial charge < -0.3 is 10.6 Å². The van der Waals surface area contributed by atoms with Gasteiger partial charge in [-0.25, -0.2) is 0 Å². The molecule has 0 aliphatic rings. The molecule has 1 heterocycles. The van der Waals surface area contributed by atoms with E-state index in [-0.39, 0.29) is 5.91 Å². The number of rotatable bonds is 3. The standard InChI is InChI=1S/C14H18N4O/c1-10-13(9-16-18(10)3)14(19)17(2)12-6-4-5-11(7-12)8-15/h4-7,9H,8,15H2,1-3H3. The van der Waals surface area contributed by atoms with Crippen LogP contribution in [0.25, 0.3) is 0 Å². The van der Waals surface area contributed by atoms with Crippen LogP contribution in [0.15, 0.2) is 30.5 Å². The van der Waals surface area contributed by atoms with Crippen molar-refractivity contribution in [2.75, 3.05) is 11.9 Å². The van der Waals surface area contributed by atoms with Crippen molar-refractivity contribution in [3.8, 4) is 0 Å². The second kappa shape index (κ2) is 5.24. The van der Waals surface area contributed by atoms with Gasteiger partial charge in [-0.3, -0.25) is 9.48 Å². The SMILES string of the molecule is Cc1c(C(=O)N(C)c2cccc(CN)c2)cnn1C. The predicted molar refractivity (Wildman–Crippen MR) is 75.0 cm³/mol. The van der Waals surface area contributed by atoms with Gasteiger partial charge in [-0.1, -0.05) is 12.1 Å². The third-order valence-electron chi connectivity index (χ3n) is 3.30. The number of aromatic nitrogens is 2. The summed E-state index contributed by atoms with van der Waals surface area (Å²) in [6.45, 7) is 2.34. The van der Waals surface area contributed by atoms with Gasteiger partial charge in [0.05, 0.1) is 11.8 Å². The van der Waals surface area contributed by atoms with Crippen molar-refractivity contribution in [1.29, 1.82) is 0 Å². The van der Waals surface area contributed by atoms with Crippen LogP contribution in [0.1, 0.15) is 21.6 Å². The van der Waals surface area contributed by atoms with Gasteiger partial charge in [0.2, 0.25) is 0 Å². The molecular weight excluding hydrogens is 240 g/mol.